The summed E-state index contributed by atoms with van der Waals surface area (Å²) < 4.78 is 7.96. The molecule has 0 unspecified atom stereocenters. The van der Waals surface area contributed by atoms with Crippen LogP contribution in [0.5, 0.6) is 0 Å². The summed E-state index contributed by atoms with van der Waals surface area (Å²) >= 11 is 0. The summed E-state index contributed by atoms with van der Waals surface area (Å²) in [6.45, 7) is 6.29. The zero-order valence-corrected chi connectivity index (χ0v) is 8.42. The van der Waals surface area contributed by atoms with Crippen molar-refractivity contribution in [2.45, 2.75) is 39.3 Å². The van der Waals surface area contributed by atoms with E-state index in [1.54, 1.807) is 0 Å². The molecule has 1 aliphatic heterocycles. The zero-order valence-electron chi connectivity index (χ0n) is 8.42. The third kappa shape index (κ3) is 1.78. The van der Waals surface area contributed by atoms with E-state index in [2.05, 4.69) is 30.5 Å². The van der Waals surface area contributed by atoms with Crippen LogP contribution in [0.25, 0.3) is 0 Å². The van der Waals surface area contributed by atoms with Gasteiger partial charge in [-0.3, -0.25) is 0 Å². The van der Waals surface area contributed by atoms with Gasteiger partial charge in [-0.05, 0) is 38.8 Å². The summed E-state index contributed by atoms with van der Waals surface area (Å²) in [6.07, 6.45) is 2.89. The molecule has 0 aliphatic carbocycles. The highest BCUT2D eigenvalue weighted by atomic mass is 16.5. The Bertz CT molecular complexity index is 265. The van der Waals surface area contributed by atoms with Crippen molar-refractivity contribution in [1.82, 2.24) is 4.57 Å². The molecule has 1 fully saturated rings. The Morgan fingerprint density at radius 2 is 2.08 bits per heavy atom. The zero-order chi connectivity index (χ0) is 9.26. The van der Waals surface area contributed by atoms with Gasteiger partial charge in [-0.15, -0.1) is 0 Å². The van der Waals surface area contributed by atoms with Gasteiger partial charge < -0.3 is 9.30 Å². The van der Waals surface area contributed by atoms with Crippen molar-refractivity contribution >= 4 is 0 Å². The van der Waals surface area contributed by atoms with Gasteiger partial charge in [0, 0.05) is 24.5 Å². The second-order valence-electron chi connectivity index (χ2n) is 3.86. The lowest BCUT2D eigenvalue weighted by Gasteiger charge is -2.14. The van der Waals surface area contributed by atoms with E-state index >= 15 is 0 Å². The van der Waals surface area contributed by atoms with Crippen molar-refractivity contribution in [2.75, 3.05) is 6.61 Å². The third-order valence-corrected chi connectivity index (χ3v) is 2.83. The van der Waals surface area contributed by atoms with Gasteiger partial charge in [0.25, 0.3) is 0 Å². The standard InChI is InChI=1S/C11H17NO/c1-9-5-6-10(2)12(9)8-11-4-3-7-13-11/h5-6,11H,3-4,7-8H2,1-2H3/t11-/m1/s1. The van der Waals surface area contributed by atoms with Crippen LogP contribution in [-0.2, 0) is 11.3 Å². The first-order valence-electron chi connectivity index (χ1n) is 5.01. The lowest BCUT2D eigenvalue weighted by Crippen LogP contribution is -2.16. The summed E-state index contributed by atoms with van der Waals surface area (Å²) in [5.74, 6) is 0. The van der Waals surface area contributed by atoms with Gasteiger partial charge in [-0.2, -0.15) is 0 Å². The van der Waals surface area contributed by atoms with Gasteiger partial charge in [0.1, 0.15) is 0 Å². The van der Waals surface area contributed by atoms with Crippen molar-refractivity contribution in [3.05, 3.63) is 23.5 Å². The molecule has 0 saturated carbocycles. The average molecular weight is 179 g/mol. The Hall–Kier alpha value is -0.760. The van der Waals surface area contributed by atoms with Gasteiger partial charge in [-0.1, -0.05) is 0 Å². The number of rotatable bonds is 2. The summed E-state index contributed by atoms with van der Waals surface area (Å²) in [4.78, 5) is 0. The highest BCUT2D eigenvalue weighted by molar-refractivity contribution is 5.13. The minimum absolute atomic E-state index is 0.449. The molecule has 1 aromatic heterocycles. The first-order valence-corrected chi connectivity index (χ1v) is 5.01. The molecule has 0 amide bonds. The van der Waals surface area contributed by atoms with E-state index in [0.717, 1.165) is 13.2 Å². The first-order chi connectivity index (χ1) is 6.27. The SMILES string of the molecule is Cc1ccc(C)n1C[C@H]1CCCO1. The van der Waals surface area contributed by atoms with E-state index in [9.17, 15) is 0 Å². The lowest BCUT2D eigenvalue weighted by molar-refractivity contribution is 0.0962. The fraction of sp³-hybridized carbons (Fsp3) is 0.636. The summed E-state index contributed by atoms with van der Waals surface area (Å²) in [6, 6.07) is 4.34. The van der Waals surface area contributed by atoms with Crippen LogP contribution in [0, 0.1) is 13.8 Å². The predicted octanol–water partition coefficient (Wildman–Crippen LogP) is 2.28. The van der Waals surface area contributed by atoms with Gasteiger partial charge in [0.05, 0.1) is 6.10 Å². The Morgan fingerprint density at radius 3 is 2.62 bits per heavy atom. The molecule has 1 aliphatic rings. The van der Waals surface area contributed by atoms with Crippen molar-refractivity contribution in [3.8, 4) is 0 Å². The van der Waals surface area contributed by atoms with Crippen LogP contribution in [0.1, 0.15) is 24.2 Å². The monoisotopic (exact) mass is 179 g/mol. The molecular weight excluding hydrogens is 162 g/mol. The lowest BCUT2D eigenvalue weighted by atomic mass is 10.2. The summed E-state index contributed by atoms with van der Waals surface area (Å²) in [7, 11) is 0. The normalized spacial score (nSPS) is 22.5. The van der Waals surface area contributed by atoms with Crippen LogP contribution in [0.2, 0.25) is 0 Å². The Balaban J connectivity index is 2.07. The number of hydrogen-bond acceptors (Lipinski definition) is 1. The molecule has 2 heteroatoms. The van der Waals surface area contributed by atoms with Crippen LogP contribution in [-0.4, -0.2) is 17.3 Å². The number of ether oxygens (including phenoxy) is 1. The maximum atomic E-state index is 5.62. The van der Waals surface area contributed by atoms with Gasteiger partial charge in [-0.25, -0.2) is 0 Å². The fourth-order valence-electron chi connectivity index (χ4n) is 1.98. The van der Waals surface area contributed by atoms with Crippen LogP contribution in [0.3, 0.4) is 0 Å². The van der Waals surface area contributed by atoms with Crippen molar-refractivity contribution < 1.29 is 4.74 Å². The molecule has 0 bridgehead atoms. The van der Waals surface area contributed by atoms with E-state index in [1.807, 2.05) is 0 Å². The van der Waals surface area contributed by atoms with Crippen LogP contribution >= 0.6 is 0 Å². The van der Waals surface area contributed by atoms with E-state index in [0.29, 0.717) is 6.10 Å². The van der Waals surface area contributed by atoms with E-state index in [4.69, 9.17) is 4.74 Å². The molecule has 2 nitrogen and oxygen atoms in total. The molecule has 1 aromatic rings. The maximum absolute atomic E-state index is 5.62. The van der Waals surface area contributed by atoms with E-state index in [1.165, 1.54) is 24.2 Å². The Labute approximate surface area is 79.5 Å². The molecule has 0 spiro atoms. The first kappa shape index (κ1) is 8.82. The third-order valence-electron chi connectivity index (χ3n) is 2.83. The van der Waals surface area contributed by atoms with Crippen molar-refractivity contribution in [1.29, 1.82) is 0 Å². The number of nitrogens with zero attached hydrogens (tertiary/aromatic N) is 1. The van der Waals surface area contributed by atoms with Gasteiger partial charge in [0.2, 0.25) is 0 Å². The van der Waals surface area contributed by atoms with Crippen molar-refractivity contribution in [3.63, 3.8) is 0 Å². The highest BCUT2D eigenvalue weighted by Crippen LogP contribution is 2.16. The molecule has 2 rings (SSSR count). The van der Waals surface area contributed by atoms with Crippen LogP contribution in [0.4, 0.5) is 0 Å². The Morgan fingerprint density at radius 1 is 1.38 bits per heavy atom. The molecule has 0 aromatic carbocycles. The fourth-order valence-corrected chi connectivity index (χ4v) is 1.98. The van der Waals surface area contributed by atoms with Crippen LogP contribution in [0.15, 0.2) is 12.1 Å². The number of aromatic nitrogens is 1. The average Bonchev–Trinajstić information content (AvgIpc) is 2.70. The van der Waals surface area contributed by atoms with Crippen molar-refractivity contribution in [2.24, 2.45) is 0 Å². The molecule has 0 radical (unpaired) electrons. The molecule has 2 heterocycles. The quantitative estimate of drug-likeness (QED) is 0.679. The summed E-state index contributed by atoms with van der Waals surface area (Å²) in [5.41, 5.74) is 2.68. The second kappa shape index (κ2) is 3.54. The number of hydrogen-bond donors (Lipinski definition) is 0. The van der Waals surface area contributed by atoms with Crippen LogP contribution < -0.4 is 0 Å². The topological polar surface area (TPSA) is 14.2 Å². The second-order valence-corrected chi connectivity index (χ2v) is 3.86. The Kier molecular flexibility index (Phi) is 2.40. The molecule has 72 valence electrons. The minimum atomic E-state index is 0.449. The predicted molar refractivity (Wildman–Crippen MR) is 52.9 cm³/mol. The minimum Gasteiger partial charge on any atom is -0.376 e. The maximum Gasteiger partial charge on any atom is 0.0754 e. The van der Waals surface area contributed by atoms with Gasteiger partial charge in [0.15, 0.2) is 0 Å². The molecule has 1 atom stereocenters. The van der Waals surface area contributed by atoms with E-state index < -0.39 is 0 Å². The molecule has 13 heavy (non-hydrogen) atoms. The molecule has 1 saturated heterocycles. The largest absolute Gasteiger partial charge is 0.376 e. The molecule has 0 N–H and O–H groups in total. The highest BCUT2D eigenvalue weighted by Gasteiger charge is 2.16. The van der Waals surface area contributed by atoms with Gasteiger partial charge >= 0.3 is 0 Å². The molecular formula is C11H17NO. The summed E-state index contributed by atoms with van der Waals surface area (Å²) in [5, 5.41) is 0. The van der Waals surface area contributed by atoms with E-state index in [-0.39, 0.29) is 0 Å². The smallest absolute Gasteiger partial charge is 0.0754 e. The number of aryl methyl sites for hydroxylation is 2.